The second kappa shape index (κ2) is 4.67. The minimum Gasteiger partial charge on any atom is -0.368 e. The number of nitrogens with zero attached hydrogens (tertiary/aromatic N) is 4. The lowest BCUT2D eigenvalue weighted by atomic mass is 10.2. The molecule has 2 N–H and O–H groups in total. The Morgan fingerprint density at radius 3 is 2.65 bits per heavy atom. The van der Waals surface area contributed by atoms with Crippen molar-refractivity contribution >= 4 is 11.9 Å². The first-order valence-electron chi connectivity index (χ1n) is 5.65. The SMILES string of the molecule is Cc1cnc(N)nc1C(=O)N1CCN(C)CC1. The summed E-state index contributed by atoms with van der Waals surface area (Å²) in [6.07, 6.45) is 1.59. The first-order chi connectivity index (χ1) is 8.08. The van der Waals surface area contributed by atoms with E-state index < -0.39 is 0 Å². The fourth-order valence-corrected chi connectivity index (χ4v) is 1.83. The molecule has 92 valence electrons. The van der Waals surface area contributed by atoms with Crippen molar-refractivity contribution in [1.82, 2.24) is 19.8 Å². The number of nitrogens with two attached hydrogens (primary N) is 1. The van der Waals surface area contributed by atoms with Crippen molar-refractivity contribution in [2.24, 2.45) is 0 Å². The summed E-state index contributed by atoms with van der Waals surface area (Å²) < 4.78 is 0. The molecule has 0 atom stereocenters. The highest BCUT2D eigenvalue weighted by Gasteiger charge is 2.22. The summed E-state index contributed by atoms with van der Waals surface area (Å²) in [7, 11) is 2.05. The molecule has 1 saturated heterocycles. The van der Waals surface area contributed by atoms with Gasteiger partial charge in [0.05, 0.1) is 0 Å². The summed E-state index contributed by atoms with van der Waals surface area (Å²) in [4.78, 5) is 24.2. The molecular weight excluding hydrogens is 218 g/mol. The molecule has 1 aromatic heterocycles. The number of nitrogen functional groups attached to an aromatic ring is 1. The van der Waals surface area contributed by atoms with Crippen LogP contribution in [-0.4, -0.2) is 58.9 Å². The van der Waals surface area contributed by atoms with Gasteiger partial charge in [0.2, 0.25) is 5.95 Å². The number of likely N-dealkylation sites (N-methyl/N-ethyl adjacent to an activating group) is 1. The number of carbonyl (C=O) groups excluding carboxylic acids is 1. The molecule has 0 unspecified atom stereocenters. The van der Waals surface area contributed by atoms with Crippen molar-refractivity contribution in [3.8, 4) is 0 Å². The third-order valence-electron chi connectivity index (χ3n) is 2.98. The van der Waals surface area contributed by atoms with E-state index in [9.17, 15) is 4.79 Å². The van der Waals surface area contributed by atoms with E-state index in [1.807, 2.05) is 11.8 Å². The van der Waals surface area contributed by atoms with Crippen LogP contribution >= 0.6 is 0 Å². The zero-order valence-electron chi connectivity index (χ0n) is 10.2. The normalized spacial score (nSPS) is 17.2. The average molecular weight is 235 g/mol. The second-order valence-electron chi connectivity index (χ2n) is 4.36. The molecule has 0 bridgehead atoms. The van der Waals surface area contributed by atoms with Crippen LogP contribution in [0.15, 0.2) is 6.20 Å². The number of amides is 1. The highest BCUT2D eigenvalue weighted by Crippen LogP contribution is 2.10. The van der Waals surface area contributed by atoms with Crippen LogP contribution in [0.3, 0.4) is 0 Å². The fourth-order valence-electron chi connectivity index (χ4n) is 1.83. The van der Waals surface area contributed by atoms with E-state index in [0.29, 0.717) is 5.69 Å². The lowest BCUT2D eigenvalue weighted by molar-refractivity contribution is 0.0657. The van der Waals surface area contributed by atoms with Gasteiger partial charge in [0.15, 0.2) is 0 Å². The topological polar surface area (TPSA) is 75.3 Å². The number of anilines is 1. The Kier molecular flexibility index (Phi) is 3.23. The van der Waals surface area contributed by atoms with Crippen LogP contribution in [0.25, 0.3) is 0 Å². The highest BCUT2D eigenvalue weighted by atomic mass is 16.2. The number of carbonyl (C=O) groups is 1. The molecule has 1 aliphatic heterocycles. The van der Waals surface area contributed by atoms with E-state index in [-0.39, 0.29) is 11.9 Å². The number of aryl methyl sites for hydroxylation is 1. The van der Waals surface area contributed by atoms with E-state index in [1.54, 1.807) is 6.20 Å². The molecule has 6 nitrogen and oxygen atoms in total. The maximum absolute atomic E-state index is 12.2. The summed E-state index contributed by atoms with van der Waals surface area (Å²) >= 11 is 0. The van der Waals surface area contributed by atoms with Gasteiger partial charge in [-0.05, 0) is 19.5 Å². The molecule has 0 aromatic carbocycles. The van der Waals surface area contributed by atoms with Crippen LogP contribution in [0.5, 0.6) is 0 Å². The van der Waals surface area contributed by atoms with Gasteiger partial charge in [-0.1, -0.05) is 0 Å². The first-order valence-corrected chi connectivity index (χ1v) is 5.65. The smallest absolute Gasteiger partial charge is 0.273 e. The Morgan fingerprint density at radius 2 is 2.00 bits per heavy atom. The molecular formula is C11H17N5O. The van der Waals surface area contributed by atoms with E-state index in [1.165, 1.54) is 0 Å². The highest BCUT2D eigenvalue weighted by molar-refractivity contribution is 5.93. The van der Waals surface area contributed by atoms with Gasteiger partial charge in [-0.15, -0.1) is 0 Å². The monoisotopic (exact) mass is 235 g/mol. The third kappa shape index (κ3) is 2.52. The average Bonchev–Trinajstić information content (AvgIpc) is 2.32. The molecule has 17 heavy (non-hydrogen) atoms. The summed E-state index contributed by atoms with van der Waals surface area (Å²) in [6.45, 7) is 5.08. The van der Waals surface area contributed by atoms with Crippen molar-refractivity contribution in [3.05, 3.63) is 17.5 Å². The van der Waals surface area contributed by atoms with Gasteiger partial charge in [0.1, 0.15) is 5.69 Å². The molecule has 2 heterocycles. The molecule has 2 rings (SSSR count). The van der Waals surface area contributed by atoms with Gasteiger partial charge in [-0.3, -0.25) is 4.79 Å². The quantitative estimate of drug-likeness (QED) is 0.726. The summed E-state index contributed by atoms with van der Waals surface area (Å²) in [5, 5.41) is 0. The van der Waals surface area contributed by atoms with Crippen LogP contribution in [0.4, 0.5) is 5.95 Å². The minimum absolute atomic E-state index is 0.0512. The van der Waals surface area contributed by atoms with E-state index in [2.05, 4.69) is 21.9 Å². The number of piperazine rings is 1. The second-order valence-corrected chi connectivity index (χ2v) is 4.36. The molecule has 0 radical (unpaired) electrons. The minimum atomic E-state index is -0.0512. The number of aromatic nitrogens is 2. The Balaban J connectivity index is 2.16. The zero-order chi connectivity index (χ0) is 12.4. The lowest BCUT2D eigenvalue weighted by Gasteiger charge is -2.32. The van der Waals surface area contributed by atoms with E-state index >= 15 is 0 Å². The van der Waals surface area contributed by atoms with Crippen molar-refractivity contribution in [2.75, 3.05) is 39.0 Å². The van der Waals surface area contributed by atoms with Gasteiger partial charge in [-0.25, -0.2) is 9.97 Å². The Labute approximate surface area is 100 Å². The Morgan fingerprint density at radius 1 is 1.35 bits per heavy atom. The maximum Gasteiger partial charge on any atom is 0.273 e. The predicted octanol–water partition coefficient (Wildman–Crippen LogP) is -0.245. The van der Waals surface area contributed by atoms with Crippen molar-refractivity contribution in [1.29, 1.82) is 0 Å². The molecule has 1 fully saturated rings. The number of hydrogen-bond donors (Lipinski definition) is 1. The maximum atomic E-state index is 12.2. The van der Waals surface area contributed by atoms with Gasteiger partial charge in [-0.2, -0.15) is 0 Å². The molecule has 1 amide bonds. The molecule has 1 aliphatic rings. The fraction of sp³-hybridized carbons (Fsp3) is 0.545. The van der Waals surface area contributed by atoms with Gasteiger partial charge in [0.25, 0.3) is 5.91 Å². The predicted molar refractivity (Wildman–Crippen MR) is 64.6 cm³/mol. The molecule has 0 aliphatic carbocycles. The van der Waals surface area contributed by atoms with Crippen molar-refractivity contribution in [2.45, 2.75) is 6.92 Å². The van der Waals surface area contributed by atoms with Gasteiger partial charge >= 0.3 is 0 Å². The summed E-state index contributed by atoms with van der Waals surface area (Å²) in [5.41, 5.74) is 6.70. The first kappa shape index (κ1) is 11.8. The summed E-state index contributed by atoms with van der Waals surface area (Å²) in [5.74, 6) is 0.0952. The van der Waals surface area contributed by atoms with Gasteiger partial charge in [0, 0.05) is 32.4 Å². The zero-order valence-corrected chi connectivity index (χ0v) is 10.2. The van der Waals surface area contributed by atoms with E-state index in [0.717, 1.165) is 31.7 Å². The molecule has 0 spiro atoms. The molecule has 1 aromatic rings. The summed E-state index contributed by atoms with van der Waals surface area (Å²) in [6, 6.07) is 0. The standard InChI is InChI=1S/C11H17N5O/c1-8-7-13-11(12)14-9(8)10(17)16-5-3-15(2)4-6-16/h7H,3-6H2,1-2H3,(H2,12,13,14). The van der Waals surface area contributed by atoms with Crippen molar-refractivity contribution < 1.29 is 4.79 Å². The van der Waals surface area contributed by atoms with Gasteiger partial charge < -0.3 is 15.5 Å². The van der Waals surface area contributed by atoms with Crippen LogP contribution in [0, 0.1) is 6.92 Å². The number of hydrogen-bond acceptors (Lipinski definition) is 5. The molecule has 0 saturated carbocycles. The van der Waals surface area contributed by atoms with Crippen LogP contribution in [0.1, 0.15) is 16.1 Å². The third-order valence-corrected chi connectivity index (χ3v) is 2.98. The van der Waals surface area contributed by atoms with Crippen LogP contribution < -0.4 is 5.73 Å². The van der Waals surface area contributed by atoms with Crippen LogP contribution in [-0.2, 0) is 0 Å². The largest absolute Gasteiger partial charge is 0.368 e. The van der Waals surface area contributed by atoms with E-state index in [4.69, 9.17) is 5.73 Å². The lowest BCUT2D eigenvalue weighted by Crippen LogP contribution is -2.47. The van der Waals surface area contributed by atoms with Crippen molar-refractivity contribution in [3.63, 3.8) is 0 Å². The molecule has 6 heteroatoms. The Bertz CT molecular complexity index is 426. The Hall–Kier alpha value is -1.69. The van der Waals surface area contributed by atoms with Crippen LogP contribution in [0.2, 0.25) is 0 Å². The number of rotatable bonds is 1.